The van der Waals surface area contributed by atoms with E-state index in [-0.39, 0.29) is 24.8 Å². The van der Waals surface area contributed by atoms with E-state index in [2.05, 4.69) is 10.2 Å². The standard InChI is InChI=1S/C11H14N4O2.ClH/c12-11(13)15-14-7-9-3-1-8(2-4-9)5-6-10(16)17;/h1-4,7H,5-6H2,(H,16,17)(H4,12,13,15);1H/b14-7-;. The van der Waals surface area contributed by atoms with Gasteiger partial charge in [-0.15, -0.1) is 17.5 Å². The van der Waals surface area contributed by atoms with Crippen LogP contribution in [0.3, 0.4) is 0 Å². The van der Waals surface area contributed by atoms with Gasteiger partial charge in [0, 0.05) is 6.42 Å². The highest BCUT2D eigenvalue weighted by atomic mass is 35.5. The van der Waals surface area contributed by atoms with Crippen LogP contribution in [-0.4, -0.2) is 23.2 Å². The minimum atomic E-state index is -0.802. The molecule has 0 saturated carbocycles. The molecule has 0 aliphatic rings. The summed E-state index contributed by atoms with van der Waals surface area (Å²) in [5, 5.41) is 15.7. The zero-order valence-corrected chi connectivity index (χ0v) is 10.4. The van der Waals surface area contributed by atoms with Crippen LogP contribution in [0.4, 0.5) is 0 Å². The number of carbonyl (C=O) groups is 1. The van der Waals surface area contributed by atoms with Crippen LogP contribution in [0.5, 0.6) is 0 Å². The summed E-state index contributed by atoms with van der Waals surface area (Å²) in [6.07, 6.45) is 2.16. The Morgan fingerprint density at radius 1 is 1.28 bits per heavy atom. The summed E-state index contributed by atoms with van der Waals surface area (Å²) in [5.74, 6) is -0.900. The average molecular weight is 271 g/mol. The molecule has 0 fully saturated rings. The predicted octanol–water partition coefficient (Wildman–Crippen LogP) is 0.733. The molecule has 5 N–H and O–H groups in total. The highest BCUT2D eigenvalue weighted by Gasteiger charge is 1.98. The fourth-order valence-electron chi connectivity index (χ4n) is 1.18. The maximum Gasteiger partial charge on any atom is 0.303 e. The lowest BCUT2D eigenvalue weighted by Crippen LogP contribution is -2.21. The first-order valence-corrected chi connectivity index (χ1v) is 5.00. The summed E-state index contributed by atoms with van der Waals surface area (Å²) < 4.78 is 0. The minimum Gasteiger partial charge on any atom is -0.481 e. The molecule has 0 saturated heterocycles. The number of hydrogen-bond donors (Lipinski definition) is 3. The molecular formula is C11H15ClN4O2. The maximum atomic E-state index is 10.4. The van der Waals surface area contributed by atoms with Gasteiger partial charge in [0.1, 0.15) is 0 Å². The molecule has 1 aromatic carbocycles. The smallest absolute Gasteiger partial charge is 0.303 e. The number of nitrogens with two attached hydrogens (primary N) is 2. The monoisotopic (exact) mass is 270 g/mol. The van der Waals surface area contributed by atoms with Crippen molar-refractivity contribution >= 4 is 30.6 Å². The Kier molecular flexibility index (Phi) is 7.14. The molecule has 0 aromatic heterocycles. The Bertz CT molecular complexity index is 439. The molecule has 0 bridgehead atoms. The van der Waals surface area contributed by atoms with Crippen molar-refractivity contribution in [3.05, 3.63) is 35.4 Å². The quantitative estimate of drug-likeness (QED) is 0.416. The molecule has 7 heteroatoms. The van der Waals surface area contributed by atoms with Crippen LogP contribution in [0.1, 0.15) is 17.5 Å². The third kappa shape index (κ3) is 6.49. The number of carboxylic acid groups (broad SMARTS) is 1. The van der Waals surface area contributed by atoms with Crippen molar-refractivity contribution in [2.45, 2.75) is 12.8 Å². The lowest BCUT2D eigenvalue weighted by Gasteiger charge is -1.98. The highest BCUT2D eigenvalue weighted by Crippen LogP contribution is 2.05. The van der Waals surface area contributed by atoms with Crippen LogP contribution < -0.4 is 11.5 Å². The van der Waals surface area contributed by atoms with Crippen molar-refractivity contribution in [1.82, 2.24) is 0 Å². The average Bonchev–Trinajstić information content (AvgIpc) is 2.27. The van der Waals surface area contributed by atoms with E-state index >= 15 is 0 Å². The zero-order valence-electron chi connectivity index (χ0n) is 9.61. The van der Waals surface area contributed by atoms with Gasteiger partial charge in [-0.25, -0.2) is 0 Å². The first kappa shape index (κ1) is 15.9. The molecule has 0 heterocycles. The minimum absolute atomic E-state index is 0. The van der Waals surface area contributed by atoms with Gasteiger partial charge in [0.25, 0.3) is 0 Å². The van der Waals surface area contributed by atoms with Gasteiger partial charge in [0.05, 0.1) is 6.21 Å². The third-order valence-electron chi connectivity index (χ3n) is 1.99. The molecular weight excluding hydrogens is 256 g/mol. The van der Waals surface area contributed by atoms with Gasteiger partial charge >= 0.3 is 5.97 Å². The predicted molar refractivity (Wildman–Crippen MR) is 73.1 cm³/mol. The zero-order chi connectivity index (χ0) is 12.7. The largest absolute Gasteiger partial charge is 0.481 e. The molecule has 98 valence electrons. The van der Waals surface area contributed by atoms with Gasteiger partial charge in [0.15, 0.2) is 0 Å². The van der Waals surface area contributed by atoms with E-state index < -0.39 is 5.97 Å². The maximum absolute atomic E-state index is 10.4. The van der Waals surface area contributed by atoms with Gasteiger partial charge in [-0.2, -0.15) is 5.10 Å². The van der Waals surface area contributed by atoms with Crippen molar-refractivity contribution in [3.63, 3.8) is 0 Å². The number of guanidine groups is 1. The molecule has 1 rings (SSSR count). The molecule has 0 unspecified atom stereocenters. The Morgan fingerprint density at radius 2 is 1.89 bits per heavy atom. The SMILES string of the molecule is Cl.NC(N)=N/N=C\c1ccc(CCC(=O)O)cc1. The summed E-state index contributed by atoms with van der Waals surface area (Å²) in [6, 6.07) is 7.34. The Balaban J connectivity index is 0.00000289. The lowest BCUT2D eigenvalue weighted by atomic mass is 10.1. The second-order valence-corrected chi connectivity index (χ2v) is 3.40. The Hall–Kier alpha value is -2.08. The van der Waals surface area contributed by atoms with Crippen LogP contribution in [0.2, 0.25) is 0 Å². The van der Waals surface area contributed by atoms with Crippen molar-refractivity contribution in [3.8, 4) is 0 Å². The van der Waals surface area contributed by atoms with Crippen molar-refractivity contribution < 1.29 is 9.90 Å². The van der Waals surface area contributed by atoms with E-state index in [1.807, 2.05) is 24.3 Å². The van der Waals surface area contributed by atoms with Gasteiger partial charge in [0.2, 0.25) is 5.96 Å². The van der Waals surface area contributed by atoms with Crippen LogP contribution in [0.25, 0.3) is 0 Å². The van der Waals surface area contributed by atoms with E-state index in [1.165, 1.54) is 6.21 Å². The van der Waals surface area contributed by atoms with Crippen molar-refractivity contribution in [2.75, 3.05) is 0 Å². The van der Waals surface area contributed by atoms with Crippen LogP contribution in [0, 0.1) is 0 Å². The van der Waals surface area contributed by atoms with E-state index in [1.54, 1.807) is 0 Å². The third-order valence-corrected chi connectivity index (χ3v) is 1.99. The fourth-order valence-corrected chi connectivity index (χ4v) is 1.18. The molecule has 0 aliphatic carbocycles. The van der Waals surface area contributed by atoms with Crippen LogP contribution >= 0.6 is 12.4 Å². The number of halogens is 1. The van der Waals surface area contributed by atoms with Crippen molar-refractivity contribution in [1.29, 1.82) is 0 Å². The molecule has 0 atom stereocenters. The van der Waals surface area contributed by atoms with Gasteiger partial charge in [-0.1, -0.05) is 24.3 Å². The molecule has 0 aliphatic heterocycles. The van der Waals surface area contributed by atoms with E-state index in [9.17, 15) is 4.79 Å². The first-order valence-electron chi connectivity index (χ1n) is 5.00. The molecule has 0 radical (unpaired) electrons. The number of benzene rings is 1. The molecule has 18 heavy (non-hydrogen) atoms. The second-order valence-electron chi connectivity index (χ2n) is 3.40. The van der Waals surface area contributed by atoms with Gasteiger partial charge < -0.3 is 16.6 Å². The summed E-state index contributed by atoms with van der Waals surface area (Å²) in [4.78, 5) is 10.4. The van der Waals surface area contributed by atoms with Crippen LogP contribution in [0.15, 0.2) is 34.5 Å². The Labute approximate surface area is 111 Å². The van der Waals surface area contributed by atoms with Gasteiger partial charge in [-0.05, 0) is 17.5 Å². The Morgan fingerprint density at radius 3 is 2.39 bits per heavy atom. The molecule has 0 spiro atoms. The van der Waals surface area contributed by atoms with E-state index in [0.29, 0.717) is 6.42 Å². The summed E-state index contributed by atoms with van der Waals surface area (Å²) in [7, 11) is 0. The lowest BCUT2D eigenvalue weighted by molar-refractivity contribution is -0.136. The van der Waals surface area contributed by atoms with E-state index in [0.717, 1.165) is 11.1 Å². The first-order chi connectivity index (χ1) is 8.08. The molecule has 0 amide bonds. The normalized spacial score (nSPS) is 9.78. The number of hydrogen-bond acceptors (Lipinski definition) is 3. The fraction of sp³-hybridized carbons (Fsp3) is 0.182. The van der Waals surface area contributed by atoms with Gasteiger partial charge in [-0.3, -0.25) is 4.79 Å². The number of carboxylic acids is 1. The second kappa shape index (κ2) is 8.08. The summed E-state index contributed by atoms with van der Waals surface area (Å²) in [6.45, 7) is 0. The number of aliphatic carboxylic acids is 1. The topological polar surface area (TPSA) is 114 Å². The van der Waals surface area contributed by atoms with E-state index in [4.69, 9.17) is 16.6 Å². The van der Waals surface area contributed by atoms with Crippen LogP contribution in [-0.2, 0) is 11.2 Å². The summed E-state index contributed by atoms with van der Waals surface area (Å²) in [5.41, 5.74) is 12.0. The molecule has 1 aromatic rings. The molecule has 6 nitrogen and oxygen atoms in total. The van der Waals surface area contributed by atoms with Crippen molar-refractivity contribution in [2.24, 2.45) is 21.7 Å². The number of rotatable bonds is 5. The number of aryl methyl sites for hydroxylation is 1. The highest BCUT2D eigenvalue weighted by molar-refractivity contribution is 5.85. The number of nitrogens with zero attached hydrogens (tertiary/aromatic N) is 2. The summed E-state index contributed by atoms with van der Waals surface area (Å²) >= 11 is 0.